The predicted molar refractivity (Wildman–Crippen MR) is 72.1 cm³/mol. The van der Waals surface area contributed by atoms with E-state index in [1.807, 2.05) is 10.8 Å². The summed E-state index contributed by atoms with van der Waals surface area (Å²) in [5.74, 6) is -2.64. The van der Waals surface area contributed by atoms with E-state index in [0.29, 0.717) is 6.42 Å². The summed E-state index contributed by atoms with van der Waals surface area (Å²) in [5, 5.41) is 21.0. The molecule has 0 aliphatic heterocycles. The van der Waals surface area contributed by atoms with Gasteiger partial charge in [-0.15, -0.1) is 0 Å². The Kier molecular flexibility index (Phi) is 6.35. The van der Waals surface area contributed by atoms with Crippen LogP contribution in [0.3, 0.4) is 0 Å². The van der Waals surface area contributed by atoms with Crippen LogP contribution < -0.4 is 0 Å². The Morgan fingerprint density at radius 1 is 1.40 bits per heavy atom. The van der Waals surface area contributed by atoms with Crippen molar-refractivity contribution in [2.45, 2.75) is 25.4 Å². The minimum atomic E-state index is -4.07. The van der Waals surface area contributed by atoms with Crippen molar-refractivity contribution < 1.29 is 33.8 Å². The summed E-state index contributed by atoms with van der Waals surface area (Å²) in [6.07, 6.45) is -2.30. The molecule has 0 saturated carbocycles. The molecule has 1 aromatic heterocycles. The lowest BCUT2D eigenvalue weighted by molar-refractivity contribution is -0.146. The zero-order chi connectivity index (χ0) is 15.2. The van der Waals surface area contributed by atoms with E-state index in [9.17, 15) is 19.0 Å². The zero-order valence-electron chi connectivity index (χ0n) is 10.5. The number of thiophene rings is 1. The first-order valence-corrected chi connectivity index (χ1v) is 8.46. The van der Waals surface area contributed by atoms with Crippen LogP contribution in [0.1, 0.15) is 18.4 Å². The van der Waals surface area contributed by atoms with Gasteiger partial charge in [-0.25, -0.2) is 4.79 Å². The van der Waals surface area contributed by atoms with Gasteiger partial charge >= 0.3 is 19.5 Å². The Hall–Kier alpha value is -1.21. The molecule has 0 saturated heterocycles. The van der Waals surface area contributed by atoms with Gasteiger partial charge in [0.2, 0.25) is 0 Å². The first kappa shape index (κ1) is 16.8. The Balaban J connectivity index is 2.54. The highest BCUT2D eigenvalue weighted by Crippen LogP contribution is 2.44. The summed E-state index contributed by atoms with van der Waals surface area (Å²) in [5.41, 5.74) is 0.866. The zero-order valence-corrected chi connectivity index (χ0v) is 12.2. The van der Waals surface area contributed by atoms with Gasteiger partial charge in [0.25, 0.3) is 0 Å². The second kappa shape index (κ2) is 7.54. The van der Waals surface area contributed by atoms with Gasteiger partial charge < -0.3 is 15.1 Å². The van der Waals surface area contributed by atoms with Crippen molar-refractivity contribution in [3.63, 3.8) is 0 Å². The van der Waals surface area contributed by atoms with Crippen molar-refractivity contribution in [1.82, 2.24) is 0 Å². The first-order valence-electron chi connectivity index (χ1n) is 5.76. The average Bonchev–Trinajstić information content (AvgIpc) is 2.84. The van der Waals surface area contributed by atoms with Crippen LogP contribution >= 0.6 is 18.9 Å². The van der Waals surface area contributed by atoms with Crippen molar-refractivity contribution in [1.29, 1.82) is 0 Å². The van der Waals surface area contributed by atoms with E-state index in [1.54, 1.807) is 6.07 Å². The van der Waals surface area contributed by atoms with Crippen LogP contribution in [0.15, 0.2) is 16.8 Å². The van der Waals surface area contributed by atoms with Crippen LogP contribution in [0.25, 0.3) is 0 Å². The SMILES string of the molecule is O=C(O)CCC(OP(=O)(O)CCc1ccsc1)C(=O)O. The maximum atomic E-state index is 11.8. The maximum absolute atomic E-state index is 11.8. The van der Waals surface area contributed by atoms with Gasteiger partial charge in [0, 0.05) is 6.42 Å². The number of aliphatic carboxylic acids is 2. The molecule has 0 fully saturated rings. The molecule has 2 atom stereocenters. The molecule has 0 aliphatic carbocycles. The van der Waals surface area contributed by atoms with Crippen LogP contribution in [0.5, 0.6) is 0 Å². The average molecular weight is 322 g/mol. The lowest BCUT2D eigenvalue weighted by Crippen LogP contribution is -2.24. The Bertz CT molecular complexity index is 499. The summed E-state index contributed by atoms with van der Waals surface area (Å²) >= 11 is 1.45. The molecule has 1 rings (SSSR count). The first-order chi connectivity index (χ1) is 9.30. The summed E-state index contributed by atoms with van der Waals surface area (Å²) < 4.78 is 16.5. The van der Waals surface area contributed by atoms with Crippen molar-refractivity contribution in [2.75, 3.05) is 6.16 Å². The summed E-state index contributed by atoms with van der Waals surface area (Å²) in [7, 11) is -4.07. The molecule has 0 amide bonds. The largest absolute Gasteiger partial charge is 0.481 e. The molecule has 20 heavy (non-hydrogen) atoms. The minimum absolute atomic E-state index is 0.208. The topological polar surface area (TPSA) is 121 Å². The molecule has 0 aliphatic rings. The normalized spacial score (nSPS) is 15.4. The van der Waals surface area contributed by atoms with Gasteiger partial charge in [-0.1, -0.05) is 0 Å². The van der Waals surface area contributed by atoms with Crippen molar-refractivity contribution in [3.05, 3.63) is 22.4 Å². The standard InChI is InChI=1S/C11H15O7PS/c12-10(13)2-1-9(11(14)15)18-19(16,17)5-3-8-4-6-20-7-8/h4,6-7,9H,1-3,5H2,(H,12,13)(H,14,15)(H,16,17). The van der Waals surface area contributed by atoms with Gasteiger partial charge in [0.15, 0.2) is 6.10 Å². The van der Waals surface area contributed by atoms with Gasteiger partial charge in [0.05, 0.1) is 6.16 Å². The summed E-state index contributed by atoms with van der Waals surface area (Å²) in [4.78, 5) is 30.9. The number of carbonyl (C=O) groups is 2. The molecule has 0 radical (unpaired) electrons. The third-order valence-corrected chi connectivity index (χ3v) is 4.56. The highest BCUT2D eigenvalue weighted by molar-refractivity contribution is 7.52. The van der Waals surface area contributed by atoms with Crippen LogP contribution in [0.2, 0.25) is 0 Å². The Morgan fingerprint density at radius 3 is 2.60 bits per heavy atom. The predicted octanol–water partition coefficient (Wildman–Crippen LogP) is 1.81. The van der Waals surface area contributed by atoms with Gasteiger partial charge in [-0.3, -0.25) is 13.9 Å². The fourth-order valence-electron chi connectivity index (χ4n) is 1.43. The number of hydrogen-bond acceptors (Lipinski definition) is 5. The lowest BCUT2D eigenvalue weighted by Gasteiger charge is -2.17. The summed E-state index contributed by atoms with van der Waals surface area (Å²) in [6.45, 7) is 0. The van der Waals surface area contributed by atoms with Crippen molar-refractivity contribution in [3.8, 4) is 0 Å². The molecule has 0 spiro atoms. The second-order valence-corrected chi connectivity index (χ2v) is 6.82. The molecule has 3 N–H and O–H groups in total. The molecular formula is C11H15O7PS. The Labute approximate surface area is 119 Å². The maximum Gasteiger partial charge on any atom is 0.333 e. The molecule has 1 aromatic rings. The molecule has 0 aromatic carbocycles. The number of rotatable bonds is 9. The van der Waals surface area contributed by atoms with E-state index >= 15 is 0 Å². The molecule has 7 nitrogen and oxygen atoms in total. The van der Waals surface area contributed by atoms with Gasteiger partial charge in [-0.05, 0) is 35.2 Å². The van der Waals surface area contributed by atoms with E-state index in [0.717, 1.165) is 5.56 Å². The fraction of sp³-hybridized carbons (Fsp3) is 0.455. The molecular weight excluding hydrogens is 307 g/mol. The van der Waals surface area contributed by atoms with E-state index in [-0.39, 0.29) is 12.6 Å². The molecule has 2 unspecified atom stereocenters. The quantitative estimate of drug-likeness (QED) is 0.593. The fourth-order valence-corrected chi connectivity index (χ4v) is 3.38. The molecule has 0 bridgehead atoms. The highest BCUT2D eigenvalue weighted by Gasteiger charge is 2.29. The molecule has 112 valence electrons. The van der Waals surface area contributed by atoms with Gasteiger partial charge in [0.1, 0.15) is 0 Å². The number of carboxylic acid groups (broad SMARTS) is 2. The summed E-state index contributed by atoms with van der Waals surface area (Å²) in [6, 6.07) is 1.80. The third kappa shape index (κ3) is 6.29. The van der Waals surface area contributed by atoms with E-state index in [2.05, 4.69) is 0 Å². The van der Waals surface area contributed by atoms with Crippen molar-refractivity contribution in [2.24, 2.45) is 0 Å². The van der Waals surface area contributed by atoms with E-state index < -0.39 is 32.1 Å². The smallest absolute Gasteiger partial charge is 0.333 e. The van der Waals surface area contributed by atoms with Crippen LogP contribution in [0, 0.1) is 0 Å². The minimum Gasteiger partial charge on any atom is -0.481 e. The van der Waals surface area contributed by atoms with Gasteiger partial charge in [-0.2, -0.15) is 11.3 Å². The van der Waals surface area contributed by atoms with E-state index in [1.165, 1.54) is 11.3 Å². The highest BCUT2D eigenvalue weighted by atomic mass is 32.1. The molecule has 1 heterocycles. The molecule has 9 heteroatoms. The second-order valence-electron chi connectivity index (χ2n) is 4.11. The van der Waals surface area contributed by atoms with Crippen LogP contribution in [-0.4, -0.2) is 39.3 Å². The number of carboxylic acids is 2. The van der Waals surface area contributed by atoms with E-state index in [4.69, 9.17) is 14.7 Å². The number of aryl methyl sites for hydroxylation is 1. The lowest BCUT2D eigenvalue weighted by atomic mass is 10.2. The number of hydrogen-bond donors (Lipinski definition) is 3. The Morgan fingerprint density at radius 2 is 2.10 bits per heavy atom. The monoisotopic (exact) mass is 322 g/mol. The van der Waals surface area contributed by atoms with Crippen LogP contribution in [-0.2, 0) is 25.1 Å². The van der Waals surface area contributed by atoms with Crippen LogP contribution in [0.4, 0.5) is 0 Å². The third-order valence-electron chi connectivity index (χ3n) is 2.45. The van der Waals surface area contributed by atoms with Crippen molar-refractivity contribution >= 4 is 30.9 Å².